The summed E-state index contributed by atoms with van der Waals surface area (Å²) in [6.45, 7) is 10.1. The molecule has 0 atom stereocenters. The van der Waals surface area contributed by atoms with Crippen LogP contribution >= 0.6 is 0 Å². The fourth-order valence-corrected chi connectivity index (χ4v) is 1.49. The Morgan fingerprint density at radius 2 is 1.15 bits per heavy atom. The molecule has 4 heteroatoms. The minimum Gasteiger partial charge on any atom is -0.390 e. The van der Waals surface area contributed by atoms with Crippen molar-refractivity contribution in [3.05, 3.63) is 36.8 Å². The van der Waals surface area contributed by atoms with Crippen molar-refractivity contribution in [2.24, 2.45) is 0 Å². The molecule has 20 heavy (non-hydrogen) atoms. The summed E-state index contributed by atoms with van der Waals surface area (Å²) < 4.78 is 0. The first-order valence-electron chi connectivity index (χ1n) is 7.72. The van der Waals surface area contributed by atoms with Gasteiger partial charge < -0.3 is 16.0 Å². The van der Waals surface area contributed by atoms with Crippen LogP contribution in [0.2, 0.25) is 0 Å². The maximum atomic E-state index is 3.31. The molecule has 0 rings (SSSR count). The van der Waals surface area contributed by atoms with E-state index >= 15 is 0 Å². The summed E-state index contributed by atoms with van der Waals surface area (Å²) in [7, 11) is 0. The molecule has 0 unspecified atom stereocenters. The van der Waals surface area contributed by atoms with Crippen LogP contribution in [-0.4, -0.2) is 31.3 Å². The quantitative estimate of drug-likeness (QED) is 0.358. The van der Waals surface area contributed by atoms with Crippen LogP contribution in [0.25, 0.3) is 0 Å². The molecule has 0 aromatic rings. The third kappa shape index (κ3) is 13.0. The molecule has 0 spiro atoms. The minimum absolute atomic E-state index is 0.850. The smallest absolute Gasteiger partial charge is 0.0688 e. The summed E-state index contributed by atoms with van der Waals surface area (Å²) in [6.07, 6.45) is 15.7. The van der Waals surface area contributed by atoms with Crippen LogP contribution in [0.3, 0.4) is 0 Å². The zero-order valence-electron chi connectivity index (χ0n) is 13.4. The van der Waals surface area contributed by atoms with Gasteiger partial charge in [0.05, 0.1) is 13.3 Å². The van der Waals surface area contributed by atoms with Crippen LogP contribution in [0.1, 0.15) is 40.0 Å². The van der Waals surface area contributed by atoms with Gasteiger partial charge in [0.2, 0.25) is 0 Å². The Labute approximate surface area is 125 Å². The topological polar surface area (TPSA) is 39.3 Å². The molecule has 0 aromatic heterocycles. The summed E-state index contributed by atoms with van der Waals surface area (Å²) in [6, 6.07) is 0. The Hall–Kier alpha value is -1.42. The van der Waals surface area contributed by atoms with E-state index in [0.29, 0.717) is 0 Å². The van der Waals surface area contributed by atoms with E-state index in [2.05, 4.69) is 59.8 Å². The molecular weight excluding hydrogens is 248 g/mol. The van der Waals surface area contributed by atoms with Gasteiger partial charge in [0.1, 0.15) is 0 Å². The van der Waals surface area contributed by atoms with Crippen LogP contribution in [-0.2, 0) is 0 Å². The van der Waals surface area contributed by atoms with Crippen molar-refractivity contribution in [1.29, 1.82) is 0 Å². The second-order valence-electron chi connectivity index (χ2n) is 4.50. The van der Waals surface area contributed by atoms with Gasteiger partial charge in [0, 0.05) is 13.1 Å². The van der Waals surface area contributed by atoms with Gasteiger partial charge >= 0.3 is 0 Å². The average molecular weight is 280 g/mol. The minimum atomic E-state index is 0.850. The zero-order valence-corrected chi connectivity index (χ0v) is 13.4. The first kappa shape index (κ1) is 18.6. The van der Waals surface area contributed by atoms with Gasteiger partial charge in [-0.3, -0.25) is 4.90 Å². The third-order valence-corrected chi connectivity index (χ3v) is 2.62. The lowest BCUT2D eigenvalue weighted by molar-refractivity contribution is 0.258. The monoisotopic (exact) mass is 280 g/mol. The summed E-state index contributed by atoms with van der Waals surface area (Å²) in [5, 5.41) is 9.94. The molecule has 0 bridgehead atoms. The first-order chi connectivity index (χ1) is 9.85. The molecule has 0 amide bonds. The largest absolute Gasteiger partial charge is 0.390 e. The van der Waals surface area contributed by atoms with Gasteiger partial charge in [0.25, 0.3) is 0 Å². The molecule has 0 aliphatic rings. The fourth-order valence-electron chi connectivity index (χ4n) is 1.49. The van der Waals surface area contributed by atoms with Gasteiger partial charge in [-0.2, -0.15) is 0 Å². The van der Waals surface area contributed by atoms with Crippen molar-refractivity contribution in [2.75, 3.05) is 26.4 Å². The molecule has 0 aromatic carbocycles. The highest BCUT2D eigenvalue weighted by molar-refractivity contribution is 4.81. The second-order valence-corrected chi connectivity index (χ2v) is 4.50. The van der Waals surface area contributed by atoms with Gasteiger partial charge in [0.15, 0.2) is 0 Å². The lowest BCUT2D eigenvalue weighted by atomic mass is 10.4. The SMILES string of the molecule is CCC=CNCCN(CNC=CCC)CNC=CCC. The van der Waals surface area contributed by atoms with E-state index in [1.54, 1.807) is 0 Å². The molecule has 0 radical (unpaired) electrons. The van der Waals surface area contributed by atoms with Crippen LogP contribution in [0.5, 0.6) is 0 Å². The van der Waals surface area contributed by atoms with Gasteiger partial charge in [-0.1, -0.05) is 39.0 Å². The molecule has 0 heterocycles. The van der Waals surface area contributed by atoms with E-state index in [4.69, 9.17) is 0 Å². The first-order valence-corrected chi connectivity index (χ1v) is 7.72. The highest BCUT2D eigenvalue weighted by Gasteiger charge is 2.00. The third-order valence-electron chi connectivity index (χ3n) is 2.62. The molecule has 0 aliphatic carbocycles. The standard InChI is InChI=1S/C16H32N4/c1-4-7-10-17-13-14-20(15-18-11-8-5-2)16-19-12-9-6-3/h7-12,17-19H,4-6,13-16H2,1-3H3. The molecule has 116 valence electrons. The Bertz CT molecular complexity index is 254. The molecule has 0 fully saturated rings. The van der Waals surface area contributed by atoms with Gasteiger partial charge in [-0.15, -0.1) is 0 Å². The predicted octanol–water partition coefficient (Wildman–Crippen LogP) is 2.74. The van der Waals surface area contributed by atoms with Crippen LogP contribution in [0, 0.1) is 0 Å². The fraction of sp³-hybridized carbons (Fsp3) is 0.625. The number of hydrogen-bond acceptors (Lipinski definition) is 4. The van der Waals surface area contributed by atoms with Crippen molar-refractivity contribution in [3.63, 3.8) is 0 Å². The van der Waals surface area contributed by atoms with Gasteiger partial charge in [-0.05, 0) is 37.9 Å². The van der Waals surface area contributed by atoms with Crippen molar-refractivity contribution in [3.8, 4) is 0 Å². The van der Waals surface area contributed by atoms with E-state index in [1.807, 2.05) is 18.6 Å². The number of allylic oxidation sites excluding steroid dienone is 3. The predicted molar refractivity (Wildman–Crippen MR) is 89.0 cm³/mol. The number of nitrogens with one attached hydrogen (secondary N) is 3. The Kier molecular flexibility index (Phi) is 14.5. The maximum absolute atomic E-state index is 3.31. The van der Waals surface area contributed by atoms with Crippen LogP contribution < -0.4 is 16.0 Å². The lowest BCUT2D eigenvalue weighted by Crippen LogP contribution is -2.40. The normalized spacial score (nSPS) is 12.0. The van der Waals surface area contributed by atoms with Crippen molar-refractivity contribution < 1.29 is 0 Å². The Balaban J connectivity index is 3.93. The van der Waals surface area contributed by atoms with Crippen molar-refractivity contribution in [1.82, 2.24) is 20.9 Å². The van der Waals surface area contributed by atoms with Crippen molar-refractivity contribution in [2.45, 2.75) is 40.0 Å². The summed E-state index contributed by atoms with van der Waals surface area (Å²) in [5.41, 5.74) is 0. The Morgan fingerprint density at radius 3 is 1.60 bits per heavy atom. The van der Waals surface area contributed by atoms with E-state index in [0.717, 1.165) is 45.7 Å². The summed E-state index contributed by atoms with van der Waals surface area (Å²) >= 11 is 0. The summed E-state index contributed by atoms with van der Waals surface area (Å²) in [5.74, 6) is 0. The number of rotatable bonds is 13. The van der Waals surface area contributed by atoms with Gasteiger partial charge in [-0.25, -0.2) is 0 Å². The Morgan fingerprint density at radius 1 is 0.700 bits per heavy atom. The van der Waals surface area contributed by atoms with E-state index in [-0.39, 0.29) is 0 Å². The molecule has 0 saturated heterocycles. The average Bonchev–Trinajstić information content (AvgIpc) is 2.47. The zero-order chi connectivity index (χ0) is 14.9. The highest BCUT2D eigenvalue weighted by atomic mass is 15.3. The summed E-state index contributed by atoms with van der Waals surface area (Å²) in [4.78, 5) is 2.33. The molecule has 3 N–H and O–H groups in total. The van der Waals surface area contributed by atoms with Crippen molar-refractivity contribution >= 4 is 0 Å². The molecule has 0 saturated carbocycles. The van der Waals surface area contributed by atoms with Crippen LogP contribution in [0.15, 0.2) is 36.8 Å². The molecular formula is C16H32N4. The molecule has 0 aliphatic heterocycles. The number of hydrogen-bond donors (Lipinski definition) is 3. The lowest BCUT2D eigenvalue weighted by Gasteiger charge is -2.22. The molecule has 4 nitrogen and oxygen atoms in total. The highest BCUT2D eigenvalue weighted by Crippen LogP contribution is 1.85. The maximum Gasteiger partial charge on any atom is 0.0688 e. The number of nitrogens with zero attached hydrogens (tertiary/aromatic N) is 1. The van der Waals surface area contributed by atoms with E-state index in [9.17, 15) is 0 Å². The van der Waals surface area contributed by atoms with E-state index < -0.39 is 0 Å². The second kappa shape index (κ2) is 15.6. The van der Waals surface area contributed by atoms with E-state index in [1.165, 1.54) is 0 Å². The van der Waals surface area contributed by atoms with Crippen LogP contribution in [0.4, 0.5) is 0 Å².